The van der Waals surface area contributed by atoms with Gasteiger partial charge in [-0.05, 0) is 88.5 Å². The van der Waals surface area contributed by atoms with Crippen molar-refractivity contribution >= 4 is 5.91 Å². The standard InChI is InChI=1S/C30H36N4O/c1-22-6-13-28(23(2)21-22)29-14-11-27(34(29)26-9-7-24(8-10-26)16-18-31)12-15-30(35)32-19-17-25-5-4-20-33(25)3/h6-11,13-14,21,25H,4-5,12,15-17,19-20H2,1-3H3,(H,32,35). The summed E-state index contributed by atoms with van der Waals surface area (Å²) in [4.78, 5) is 15.0. The van der Waals surface area contributed by atoms with Crippen molar-refractivity contribution in [1.82, 2.24) is 14.8 Å². The van der Waals surface area contributed by atoms with Crippen LogP contribution in [0.4, 0.5) is 0 Å². The number of likely N-dealkylation sites (tertiary alicyclic amines) is 1. The Labute approximate surface area is 209 Å². The summed E-state index contributed by atoms with van der Waals surface area (Å²) in [5, 5.41) is 12.2. The summed E-state index contributed by atoms with van der Waals surface area (Å²) in [5.41, 5.74) is 7.94. The normalized spacial score (nSPS) is 15.8. The van der Waals surface area contributed by atoms with Gasteiger partial charge in [-0.3, -0.25) is 4.79 Å². The maximum absolute atomic E-state index is 12.6. The van der Waals surface area contributed by atoms with Gasteiger partial charge < -0.3 is 14.8 Å². The Kier molecular flexibility index (Phi) is 8.05. The van der Waals surface area contributed by atoms with Crippen LogP contribution in [-0.2, 0) is 17.6 Å². The molecule has 35 heavy (non-hydrogen) atoms. The first kappa shape index (κ1) is 24.8. The molecular formula is C30H36N4O. The van der Waals surface area contributed by atoms with Gasteiger partial charge >= 0.3 is 0 Å². The van der Waals surface area contributed by atoms with E-state index in [1.807, 2.05) is 12.1 Å². The van der Waals surface area contributed by atoms with E-state index in [1.54, 1.807) is 0 Å². The molecule has 2 heterocycles. The van der Waals surface area contributed by atoms with E-state index in [4.69, 9.17) is 5.26 Å². The first-order valence-electron chi connectivity index (χ1n) is 12.7. The fraction of sp³-hybridized carbons (Fsp3) is 0.400. The van der Waals surface area contributed by atoms with Crippen LogP contribution in [0.3, 0.4) is 0 Å². The first-order valence-corrected chi connectivity index (χ1v) is 12.7. The second kappa shape index (κ2) is 11.4. The van der Waals surface area contributed by atoms with Crippen LogP contribution in [0.25, 0.3) is 16.9 Å². The number of aromatic nitrogens is 1. The summed E-state index contributed by atoms with van der Waals surface area (Å²) < 4.78 is 2.26. The highest BCUT2D eigenvalue weighted by Crippen LogP contribution is 2.30. The zero-order valence-corrected chi connectivity index (χ0v) is 21.2. The molecule has 1 N–H and O–H groups in total. The molecule has 1 aliphatic rings. The molecule has 1 unspecified atom stereocenters. The van der Waals surface area contributed by atoms with Gasteiger partial charge in [-0.25, -0.2) is 0 Å². The minimum Gasteiger partial charge on any atom is -0.356 e. The lowest BCUT2D eigenvalue weighted by atomic mass is 10.0. The van der Waals surface area contributed by atoms with Gasteiger partial charge in [0.1, 0.15) is 0 Å². The Morgan fingerprint density at radius 3 is 2.60 bits per heavy atom. The molecule has 1 fully saturated rings. The molecule has 1 amide bonds. The van der Waals surface area contributed by atoms with Crippen LogP contribution in [0.5, 0.6) is 0 Å². The SMILES string of the molecule is Cc1ccc(-c2ccc(CCC(=O)NCCC3CCCN3C)n2-c2ccc(CC#N)cc2)c(C)c1. The van der Waals surface area contributed by atoms with Crippen molar-refractivity contribution in [2.45, 2.75) is 58.4 Å². The summed E-state index contributed by atoms with van der Waals surface area (Å²) >= 11 is 0. The highest BCUT2D eigenvalue weighted by Gasteiger charge is 2.20. The van der Waals surface area contributed by atoms with E-state index in [9.17, 15) is 4.79 Å². The number of nitriles is 1. The predicted molar refractivity (Wildman–Crippen MR) is 142 cm³/mol. The summed E-state index contributed by atoms with van der Waals surface area (Å²) in [6, 6.07) is 21.8. The third-order valence-electron chi connectivity index (χ3n) is 7.18. The topological polar surface area (TPSA) is 61.1 Å². The van der Waals surface area contributed by atoms with Crippen molar-refractivity contribution in [3.05, 3.63) is 77.0 Å². The fourth-order valence-corrected chi connectivity index (χ4v) is 5.20. The average molecular weight is 469 g/mol. The molecule has 0 radical (unpaired) electrons. The smallest absolute Gasteiger partial charge is 0.220 e. The molecule has 1 aromatic heterocycles. The molecule has 1 atom stereocenters. The van der Waals surface area contributed by atoms with E-state index in [2.05, 4.69) is 84.2 Å². The number of nitrogens with zero attached hydrogens (tertiary/aromatic N) is 3. The molecule has 2 aromatic carbocycles. The van der Waals surface area contributed by atoms with Gasteiger partial charge in [-0.2, -0.15) is 5.26 Å². The number of aryl methyl sites for hydroxylation is 3. The van der Waals surface area contributed by atoms with Crippen LogP contribution in [0.1, 0.15) is 48.1 Å². The molecule has 182 valence electrons. The lowest BCUT2D eigenvalue weighted by Gasteiger charge is -2.19. The van der Waals surface area contributed by atoms with Crippen molar-refractivity contribution in [2.75, 3.05) is 20.1 Å². The maximum Gasteiger partial charge on any atom is 0.220 e. The maximum atomic E-state index is 12.6. The second-order valence-corrected chi connectivity index (χ2v) is 9.78. The fourth-order valence-electron chi connectivity index (χ4n) is 5.20. The van der Waals surface area contributed by atoms with Crippen molar-refractivity contribution in [3.63, 3.8) is 0 Å². The minimum absolute atomic E-state index is 0.107. The number of hydrogen-bond donors (Lipinski definition) is 1. The molecular weight excluding hydrogens is 432 g/mol. The van der Waals surface area contributed by atoms with E-state index in [1.165, 1.54) is 29.5 Å². The van der Waals surface area contributed by atoms with Gasteiger partial charge in [0.2, 0.25) is 5.91 Å². The number of amides is 1. The molecule has 0 saturated carbocycles. The van der Waals surface area contributed by atoms with E-state index < -0.39 is 0 Å². The largest absolute Gasteiger partial charge is 0.356 e. The summed E-state index contributed by atoms with van der Waals surface area (Å²) in [6.07, 6.45) is 5.04. The van der Waals surface area contributed by atoms with E-state index in [0.717, 1.165) is 42.1 Å². The summed E-state index contributed by atoms with van der Waals surface area (Å²) in [5.74, 6) is 0.107. The molecule has 3 aromatic rings. The van der Waals surface area contributed by atoms with Crippen LogP contribution in [0.15, 0.2) is 54.6 Å². The average Bonchev–Trinajstić information content (AvgIpc) is 3.44. The molecule has 1 aliphatic heterocycles. The molecule has 4 rings (SSSR count). The Balaban J connectivity index is 1.52. The number of rotatable bonds is 9. The molecule has 0 spiro atoms. The highest BCUT2D eigenvalue weighted by molar-refractivity contribution is 5.76. The van der Waals surface area contributed by atoms with Crippen molar-refractivity contribution in [3.8, 4) is 23.0 Å². The molecule has 1 saturated heterocycles. The van der Waals surface area contributed by atoms with Gasteiger partial charge in [0, 0.05) is 36.0 Å². The predicted octanol–water partition coefficient (Wildman–Crippen LogP) is 5.36. The first-order chi connectivity index (χ1) is 17.0. The molecule has 0 aliphatic carbocycles. The van der Waals surface area contributed by atoms with Crippen LogP contribution in [0.2, 0.25) is 0 Å². The van der Waals surface area contributed by atoms with Gasteiger partial charge in [0.05, 0.1) is 18.2 Å². The van der Waals surface area contributed by atoms with Gasteiger partial charge in [0.25, 0.3) is 0 Å². The Bertz CT molecular complexity index is 1200. The number of nitrogens with one attached hydrogen (secondary N) is 1. The van der Waals surface area contributed by atoms with Crippen LogP contribution < -0.4 is 5.32 Å². The number of carbonyl (C=O) groups is 1. The minimum atomic E-state index is 0.107. The monoisotopic (exact) mass is 468 g/mol. The quantitative estimate of drug-likeness (QED) is 0.460. The number of benzene rings is 2. The number of carbonyl (C=O) groups excluding carboxylic acids is 1. The van der Waals surface area contributed by atoms with Gasteiger partial charge in [-0.1, -0.05) is 35.9 Å². The summed E-state index contributed by atoms with van der Waals surface area (Å²) in [7, 11) is 2.17. The van der Waals surface area contributed by atoms with Crippen molar-refractivity contribution in [2.24, 2.45) is 0 Å². The second-order valence-electron chi connectivity index (χ2n) is 9.78. The van der Waals surface area contributed by atoms with Gasteiger partial charge in [0.15, 0.2) is 0 Å². The third kappa shape index (κ3) is 6.01. The molecule has 5 heteroatoms. The van der Waals surface area contributed by atoms with E-state index in [0.29, 0.717) is 25.3 Å². The third-order valence-corrected chi connectivity index (χ3v) is 7.18. The Morgan fingerprint density at radius 1 is 1.11 bits per heavy atom. The van der Waals surface area contributed by atoms with Gasteiger partial charge in [-0.15, -0.1) is 0 Å². The van der Waals surface area contributed by atoms with Crippen LogP contribution in [0, 0.1) is 25.2 Å². The lowest BCUT2D eigenvalue weighted by molar-refractivity contribution is -0.121. The zero-order chi connectivity index (χ0) is 24.8. The van der Waals surface area contributed by atoms with E-state index >= 15 is 0 Å². The number of hydrogen-bond acceptors (Lipinski definition) is 3. The lowest BCUT2D eigenvalue weighted by Crippen LogP contribution is -2.31. The summed E-state index contributed by atoms with van der Waals surface area (Å²) in [6.45, 7) is 6.15. The van der Waals surface area contributed by atoms with Crippen molar-refractivity contribution < 1.29 is 4.79 Å². The highest BCUT2D eigenvalue weighted by atomic mass is 16.1. The van der Waals surface area contributed by atoms with Crippen LogP contribution in [-0.4, -0.2) is 41.6 Å². The zero-order valence-electron chi connectivity index (χ0n) is 21.2. The van der Waals surface area contributed by atoms with Crippen LogP contribution >= 0.6 is 0 Å². The van der Waals surface area contributed by atoms with Crippen molar-refractivity contribution in [1.29, 1.82) is 5.26 Å². The van der Waals surface area contributed by atoms with E-state index in [-0.39, 0.29) is 5.91 Å². The Hall–Kier alpha value is -3.36. The molecule has 5 nitrogen and oxygen atoms in total. The Morgan fingerprint density at radius 2 is 1.91 bits per heavy atom. The molecule has 0 bridgehead atoms.